The number of carbonyl (C=O) groups is 2. The number of rotatable bonds is 7. The normalized spacial score (nSPS) is 18.1. The Bertz CT molecular complexity index is 758. The third-order valence-electron chi connectivity index (χ3n) is 5.25. The van der Waals surface area contributed by atoms with E-state index >= 15 is 0 Å². The van der Waals surface area contributed by atoms with E-state index in [-0.39, 0.29) is 23.8 Å². The molecule has 2 heterocycles. The molecule has 1 aromatic carbocycles. The van der Waals surface area contributed by atoms with Crippen LogP contribution in [0.2, 0.25) is 0 Å². The van der Waals surface area contributed by atoms with Crippen LogP contribution in [0.15, 0.2) is 47.8 Å². The van der Waals surface area contributed by atoms with Gasteiger partial charge in [-0.3, -0.25) is 9.59 Å². The number of likely N-dealkylation sites (tertiary alicyclic amines) is 1. The average molecular weight is 399 g/mol. The molecule has 0 unspecified atom stereocenters. The second-order valence-corrected chi connectivity index (χ2v) is 9.03. The van der Waals surface area contributed by atoms with E-state index in [1.807, 2.05) is 41.3 Å². The second kappa shape index (κ2) is 9.87. The van der Waals surface area contributed by atoms with Gasteiger partial charge in [0.2, 0.25) is 11.8 Å². The Hall–Kier alpha value is -2.14. The standard InChI is InChI=1S/C23H30N2O2S/c1-17(2)14-20(21-11-7-13-28-21)24-23(27)19-10-6-12-25(16-19)22(26)15-18-8-4-3-5-9-18/h3-5,7-9,11,13,17,19-20H,6,10,12,14-16H2,1-2H3,(H,24,27)/t19-,20+/m1/s1. The maximum atomic E-state index is 13.0. The fourth-order valence-electron chi connectivity index (χ4n) is 3.80. The third-order valence-corrected chi connectivity index (χ3v) is 6.24. The molecule has 150 valence electrons. The highest BCUT2D eigenvalue weighted by Crippen LogP contribution is 2.27. The van der Waals surface area contributed by atoms with Crippen LogP contribution in [0.1, 0.15) is 49.6 Å². The van der Waals surface area contributed by atoms with E-state index in [0.29, 0.717) is 18.9 Å². The Morgan fingerprint density at radius 1 is 1.18 bits per heavy atom. The number of carbonyl (C=O) groups excluding carboxylic acids is 2. The van der Waals surface area contributed by atoms with Crippen LogP contribution in [-0.4, -0.2) is 29.8 Å². The first-order valence-electron chi connectivity index (χ1n) is 10.2. The van der Waals surface area contributed by atoms with E-state index < -0.39 is 0 Å². The molecule has 0 aliphatic carbocycles. The van der Waals surface area contributed by atoms with E-state index in [9.17, 15) is 9.59 Å². The van der Waals surface area contributed by atoms with Crippen molar-refractivity contribution >= 4 is 23.2 Å². The van der Waals surface area contributed by atoms with E-state index in [0.717, 1.165) is 31.4 Å². The van der Waals surface area contributed by atoms with Crippen molar-refractivity contribution in [3.05, 3.63) is 58.3 Å². The van der Waals surface area contributed by atoms with Gasteiger partial charge in [-0.1, -0.05) is 50.2 Å². The molecular weight excluding hydrogens is 368 g/mol. The molecule has 0 radical (unpaired) electrons. The molecule has 1 aromatic heterocycles. The van der Waals surface area contributed by atoms with Gasteiger partial charge in [-0.05, 0) is 42.2 Å². The minimum Gasteiger partial charge on any atom is -0.348 e. The van der Waals surface area contributed by atoms with Gasteiger partial charge < -0.3 is 10.2 Å². The van der Waals surface area contributed by atoms with Gasteiger partial charge in [-0.25, -0.2) is 0 Å². The molecule has 0 bridgehead atoms. The molecule has 0 spiro atoms. The molecule has 1 aliphatic rings. The lowest BCUT2D eigenvalue weighted by molar-refractivity contribution is -0.135. The summed E-state index contributed by atoms with van der Waals surface area (Å²) in [4.78, 5) is 28.7. The van der Waals surface area contributed by atoms with Gasteiger partial charge in [0, 0.05) is 18.0 Å². The third kappa shape index (κ3) is 5.68. The molecule has 1 N–H and O–H groups in total. The van der Waals surface area contributed by atoms with Crippen LogP contribution in [-0.2, 0) is 16.0 Å². The summed E-state index contributed by atoms with van der Waals surface area (Å²) in [6.07, 6.45) is 3.06. The number of hydrogen-bond acceptors (Lipinski definition) is 3. The van der Waals surface area contributed by atoms with Crippen LogP contribution in [0.3, 0.4) is 0 Å². The van der Waals surface area contributed by atoms with Crippen molar-refractivity contribution in [2.75, 3.05) is 13.1 Å². The van der Waals surface area contributed by atoms with E-state index in [4.69, 9.17) is 0 Å². The second-order valence-electron chi connectivity index (χ2n) is 8.05. The Labute approximate surface area is 172 Å². The molecule has 0 saturated carbocycles. The molecule has 5 heteroatoms. The van der Waals surface area contributed by atoms with Crippen LogP contribution < -0.4 is 5.32 Å². The molecule has 2 aromatic rings. The number of amides is 2. The first kappa shape index (κ1) is 20.6. The van der Waals surface area contributed by atoms with Gasteiger partial charge in [0.05, 0.1) is 18.4 Å². The number of nitrogens with zero attached hydrogens (tertiary/aromatic N) is 1. The van der Waals surface area contributed by atoms with Gasteiger partial charge in [0.1, 0.15) is 0 Å². The number of piperidine rings is 1. The maximum Gasteiger partial charge on any atom is 0.227 e. The van der Waals surface area contributed by atoms with Crippen molar-refractivity contribution in [2.45, 2.75) is 45.6 Å². The number of nitrogens with one attached hydrogen (secondary N) is 1. The van der Waals surface area contributed by atoms with Crippen molar-refractivity contribution in [1.29, 1.82) is 0 Å². The zero-order valence-electron chi connectivity index (χ0n) is 16.8. The molecule has 3 rings (SSSR count). The van der Waals surface area contributed by atoms with Crippen LogP contribution in [0.5, 0.6) is 0 Å². The highest BCUT2D eigenvalue weighted by molar-refractivity contribution is 7.10. The summed E-state index contributed by atoms with van der Waals surface area (Å²) in [6, 6.07) is 14.0. The number of thiophene rings is 1. The Kier molecular flexibility index (Phi) is 7.26. The molecule has 4 nitrogen and oxygen atoms in total. The van der Waals surface area contributed by atoms with Crippen LogP contribution in [0.4, 0.5) is 0 Å². The first-order valence-corrected chi connectivity index (χ1v) is 11.1. The summed E-state index contributed by atoms with van der Waals surface area (Å²) in [6.45, 7) is 5.63. The van der Waals surface area contributed by atoms with Crippen LogP contribution >= 0.6 is 11.3 Å². The monoisotopic (exact) mass is 398 g/mol. The largest absolute Gasteiger partial charge is 0.348 e. The minimum atomic E-state index is -0.122. The summed E-state index contributed by atoms with van der Waals surface area (Å²) in [5, 5.41) is 5.32. The molecule has 1 saturated heterocycles. The fraction of sp³-hybridized carbons (Fsp3) is 0.478. The molecule has 28 heavy (non-hydrogen) atoms. The zero-order valence-corrected chi connectivity index (χ0v) is 17.6. The van der Waals surface area contributed by atoms with Gasteiger partial charge in [0.25, 0.3) is 0 Å². The summed E-state index contributed by atoms with van der Waals surface area (Å²) in [5.74, 6) is 0.572. The van der Waals surface area contributed by atoms with Crippen molar-refractivity contribution < 1.29 is 9.59 Å². The lowest BCUT2D eigenvalue weighted by Gasteiger charge is -2.33. The minimum absolute atomic E-state index is 0.0582. The molecule has 1 fully saturated rings. The highest BCUT2D eigenvalue weighted by Gasteiger charge is 2.30. The lowest BCUT2D eigenvalue weighted by atomic mass is 9.95. The summed E-state index contributed by atoms with van der Waals surface area (Å²) >= 11 is 1.69. The zero-order chi connectivity index (χ0) is 19.9. The van der Waals surface area contributed by atoms with Gasteiger partial charge >= 0.3 is 0 Å². The average Bonchev–Trinajstić information content (AvgIpc) is 3.23. The van der Waals surface area contributed by atoms with Gasteiger partial charge in [-0.2, -0.15) is 0 Å². The van der Waals surface area contributed by atoms with E-state index in [1.165, 1.54) is 4.88 Å². The predicted octanol–water partition coefficient (Wildman–Crippen LogP) is 4.43. The van der Waals surface area contributed by atoms with Crippen LogP contribution in [0, 0.1) is 11.8 Å². The van der Waals surface area contributed by atoms with Gasteiger partial charge in [0.15, 0.2) is 0 Å². The SMILES string of the molecule is CC(C)C[C@H](NC(=O)[C@@H]1CCCN(C(=O)Cc2ccccc2)C1)c1cccs1. The maximum absolute atomic E-state index is 13.0. The Morgan fingerprint density at radius 2 is 1.96 bits per heavy atom. The first-order chi connectivity index (χ1) is 13.5. The number of hydrogen-bond donors (Lipinski definition) is 1. The Morgan fingerprint density at radius 3 is 2.64 bits per heavy atom. The topological polar surface area (TPSA) is 49.4 Å². The molecule has 1 aliphatic heterocycles. The number of benzene rings is 1. The summed E-state index contributed by atoms with van der Waals surface area (Å²) < 4.78 is 0. The van der Waals surface area contributed by atoms with Crippen molar-refractivity contribution in [1.82, 2.24) is 10.2 Å². The van der Waals surface area contributed by atoms with Crippen molar-refractivity contribution in [2.24, 2.45) is 11.8 Å². The quantitative estimate of drug-likeness (QED) is 0.750. The van der Waals surface area contributed by atoms with E-state index in [2.05, 4.69) is 30.6 Å². The van der Waals surface area contributed by atoms with E-state index in [1.54, 1.807) is 11.3 Å². The summed E-state index contributed by atoms with van der Waals surface area (Å²) in [7, 11) is 0. The van der Waals surface area contributed by atoms with Gasteiger partial charge in [-0.15, -0.1) is 11.3 Å². The predicted molar refractivity (Wildman–Crippen MR) is 114 cm³/mol. The fourth-order valence-corrected chi connectivity index (χ4v) is 4.59. The summed E-state index contributed by atoms with van der Waals surface area (Å²) in [5.41, 5.74) is 1.02. The Balaban J connectivity index is 1.59. The lowest BCUT2D eigenvalue weighted by Crippen LogP contribution is -2.46. The molecule has 2 amide bonds. The smallest absolute Gasteiger partial charge is 0.227 e. The van der Waals surface area contributed by atoms with Crippen LogP contribution in [0.25, 0.3) is 0 Å². The van der Waals surface area contributed by atoms with Crippen molar-refractivity contribution in [3.8, 4) is 0 Å². The van der Waals surface area contributed by atoms with Crippen molar-refractivity contribution in [3.63, 3.8) is 0 Å². The molecular formula is C23H30N2O2S. The highest BCUT2D eigenvalue weighted by atomic mass is 32.1. The molecule has 2 atom stereocenters.